The molecule has 0 radical (unpaired) electrons. The Morgan fingerprint density at radius 3 is 2.78 bits per heavy atom. The predicted octanol–water partition coefficient (Wildman–Crippen LogP) is 3.44. The van der Waals surface area contributed by atoms with Crippen LogP contribution in [0.25, 0.3) is 10.9 Å². The maximum atomic E-state index is 12.0. The lowest BCUT2D eigenvalue weighted by Gasteiger charge is -2.06. The number of aromatic nitrogens is 1. The molecule has 2 aromatic rings. The molecule has 0 aliphatic carbocycles. The number of fused-ring (bicyclic) bond motifs is 1. The number of ketones is 1. The van der Waals surface area contributed by atoms with Gasteiger partial charge in [0.25, 0.3) is 0 Å². The fourth-order valence-electron chi connectivity index (χ4n) is 1.89. The summed E-state index contributed by atoms with van der Waals surface area (Å²) in [5.74, 6) is 0.591. The summed E-state index contributed by atoms with van der Waals surface area (Å²) in [4.78, 5) is 16.4. The summed E-state index contributed by atoms with van der Waals surface area (Å²) in [6.45, 7) is 4.21. The number of carbonyl (C=O) groups is 1. The van der Waals surface area contributed by atoms with Gasteiger partial charge in [0.15, 0.2) is 5.78 Å². The van der Waals surface area contributed by atoms with Gasteiger partial charge in [-0.1, -0.05) is 32.0 Å². The highest BCUT2D eigenvalue weighted by Gasteiger charge is 2.11. The number of hydrogen-bond acceptors (Lipinski definition) is 3. The van der Waals surface area contributed by atoms with Gasteiger partial charge in [-0.15, -0.1) is 0 Å². The molecule has 0 amide bonds. The first-order valence-corrected chi connectivity index (χ1v) is 6.26. The minimum absolute atomic E-state index is 0.0705. The summed E-state index contributed by atoms with van der Waals surface area (Å²) in [7, 11) is 0. The topological polar surface area (TPSA) is 56.0 Å². The highest BCUT2D eigenvalue weighted by Crippen LogP contribution is 2.21. The Kier molecular flexibility index (Phi) is 3.60. The molecule has 0 saturated heterocycles. The van der Waals surface area contributed by atoms with Gasteiger partial charge >= 0.3 is 0 Å². The first-order chi connectivity index (χ1) is 8.58. The summed E-state index contributed by atoms with van der Waals surface area (Å²) in [6.07, 6.45) is 1.41. The summed E-state index contributed by atoms with van der Waals surface area (Å²) >= 11 is 0. The average Bonchev–Trinajstić information content (AvgIpc) is 2.36. The first-order valence-electron chi connectivity index (χ1n) is 6.26. The molecule has 3 heteroatoms. The average molecular weight is 242 g/mol. The quantitative estimate of drug-likeness (QED) is 0.835. The van der Waals surface area contributed by atoms with E-state index >= 15 is 0 Å². The Morgan fingerprint density at radius 1 is 1.33 bits per heavy atom. The molecule has 18 heavy (non-hydrogen) atoms. The smallest absolute Gasteiger partial charge is 0.181 e. The third kappa shape index (κ3) is 2.67. The molecular weight excluding hydrogens is 224 g/mol. The van der Waals surface area contributed by atoms with Crippen molar-refractivity contribution in [1.82, 2.24) is 4.98 Å². The van der Waals surface area contributed by atoms with Gasteiger partial charge in [-0.25, -0.2) is 4.98 Å². The highest BCUT2D eigenvalue weighted by molar-refractivity contribution is 6.00. The number of rotatable bonds is 4. The maximum Gasteiger partial charge on any atom is 0.181 e. The Hall–Kier alpha value is -1.90. The van der Waals surface area contributed by atoms with E-state index in [0.29, 0.717) is 23.7 Å². The second kappa shape index (κ2) is 5.17. The molecule has 1 aromatic heterocycles. The Labute approximate surface area is 107 Å². The van der Waals surface area contributed by atoms with E-state index in [1.54, 1.807) is 6.07 Å². The van der Waals surface area contributed by atoms with E-state index in [2.05, 4.69) is 18.8 Å². The third-order valence-electron chi connectivity index (χ3n) is 2.98. The molecule has 0 unspecified atom stereocenters. The van der Waals surface area contributed by atoms with Crippen molar-refractivity contribution >= 4 is 22.4 Å². The van der Waals surface area contributed by atoms with Gasteiger partial charge < -0.3 is 5.73 Å². The van der Waals surface area contributed by atoms with Crippen LogP contribution in [0.3, 0.4) is 0 Å². The molecule has 1 heterocycles. The fraction of sp³-hybridized carbons (Fsp3) is 0.333. The minimum Gasteiger partial charge on any atom is -0.398 e. The third-order valence-corrected chi connectivity index (χ3v) is 2.98. The van der Waals surface area contributed by atoms with E-state index in [4.69, 9.17) is 5.73 Å². The van der Waals surface area contributed by atoms with Gasteiger partial charge in [0.2, 0.25) is 0 Å². The molecule has 3 nitrogen and oxygen atoms in total. The van der Waals surface area contributed by atoms with Crippen LogP contribution in [0, 0.1) is 5.92 Å². The van der Waals surface area contributed by atoms with Gasteiger partial charge in [0.05, 0.1) is 5.52 Å². The molecule has 0 saturated carbocycles. The van der Waals surface area contributed by atoms with Crippen LogP contribution in [-0.4, -0.2) is 10.8 Å². The van der Waals surface area contributed by atoms with Crippen molar-refractivity contribution in [2.45, 2.75) is 26.7 Å². The Bertz CT molecular complexity index is 576. The van der Waals surface area contributed by atoms with Crippen molar-refractivity contribution in [3.63, 3.8) is 0 Å². The minimum atomic E-state index is 0.0705. The molecule has 94 valence electrons. The number of hydrogen-bond donors (Lipinski definition) is 1. The molecule has 0 atom stereocenters. The van der Waals surface area contributed by atoms with E-state index in [9.17, 15) is 4.79 Å². The maximum absolute atomic E-state index is 12.0. The van der Waals surface area contributed by atoms with E-state index in [1.807, 2.05) is 24.3 Å². The van der Waals surface area contributed by atoms with Gasteiger partial charge in [0.1, 0.15) is 5.69 Å². The van der Waals surface area contributed by atoms with Crippen molar-refractivity contribution in [3.8, 4) is 0 Å². The first kappa shape index (κ1) is 12.6. The van der Waals surface area contributed by atoms with E-state index < -0.39 is 0 Å². The van der Waals surface area contributed by atoms with Crippen LogP contribution in [0.5, 0.6) is 0 Å². The van der Waals surface area contributed by atoms with Crippen LogP contribution in [0.4, 0.5) is 5.69 Å². The molecule has 2 N–H and O–H groups in total. The van der Waals surface area contributed by atoms with Gasteiger partial charge in [-0.3, -0.25) is 4.79 Å². The molecule has 0 fully saturated rings. The number of benzene rings is 1. The van der Waals surface area contributed by atoms with Crippen molar-refractivity contribution in [1.29, 1.82) is 0 Å². The summed E-state index contributed by atoms with van der Waals surface area (Å²) in [5, 5.41) is 0.901. The number of nitrogens with two attached hydrogens (primary N) is 1. The van der Waals surface area contributed by atoms with Crippen LogP contribution < -0.4 is 5.73 Å². The van der Waals surface area contributed by atoms with E-state index in [1.165, 1.54) is 0 Å². The van der Waals surface area contributed by atoms with Crippen LogP contribution >= 0.6 is 0 Å². The second-order valence-corrected chi connectivity index (χ2v) is 4.97. The molecule has 0 bridgehead atoms. The van der Waals surface area contributed by atoms with Gasteiger partial charge in [0, 0.05) is 17.5 Å². The molecule has 0 aliphatic rings. The summed E-state index contributed by atoms with van der Waals surface area (Å²) < 4.78 is 0. The Morgan fingerprint density at radius 2 is 2.06 bits per heavy atom. The zero-order valence-corrected chi connectivity index (χ0v) is 10.8. The van der Waals surface area contributed by atoms with Crippen LogP contribution in [0.2, 0.25) is 0 Å². The molecular formula is C15H18N2O. The number of pyridine rings is 1. The zero-order chi connectivity index (χ0) is 13.1. The van der Waals surface area contributed by atoms with E-state index in [0.717, 1.165) is 17.3 Å². The lowest BCUT2D eigenvalue weighted by atomic mass is 10.0. The van der Waals surface area contributed by atoms with Crippen molar-refractivity contribution in [2.24, 2.45) is 5.92 Å². The molecule has 0 aliphatic heterocycles. The van der Waals surface area contributed by atoms with Crippen molar-refractivity contribution in [2.75, 3.05) is 5.73 Å². The van der Waals surface area contributed by atoms with Crippen molar-refractivity contribution in [3.05, 3.63) is 36.0 Å². The highest BCUT2D eigenvalue weighted by atomic mass is 16.1. The number of para-hydroxylation sites is 1. The van der Waals surface area contributed by atoms with Gasteiger partial charge in [-0.2, -0.15) is 0 Å². The lowest BCUT2D eigenvalue weighted by Crippen LogP contribution is -2.05. The van der Waals surface area contributed by atoms with Crippen molar-refractivity contribution < 1.29 is 4.79 Å². The number of nitrogen functional groups attached to an aromatic ring is 1. The molecule has 1 aromatic carbocycles. The second-order valence-electron chi connectivity index (χ2n) is 4.97. The predicted molar refractivity (Wildman–Crippen MR) is 74.6 cm³/mol. The Balaban J connectivity index is 2.31. The molecule has 2 rings (SSSR count). The number of Topliss-reactive ketones (excluding diaryl/α,β-unsaturated/α-hetero) is 1. The number of anilines is 1. The lowest BCUT2D eigenvalue weighted by molar-refractivity contribution is 0.0971. The van der Waals surface area contributed by atoms with Gasteiger partial charge in [-0.05, 0) is 24.5 Å². The normalized spacial score (nSPS) is 11.1. The number of nitrogens with zero attached hydrogens (tertiary/aromatic N) is 1. The van der Waals surface area contributed by atoms with E-state index in [-0.39, 0.29) is 5.78 Å². The van der Waals surface area contributed by atoms with Crippen LogP contribution in [-0.2, 0) is 0 Å². The SMILES string of the molecule is CC(C)CCC(=O)c1cc(N)c2ccccc2n1. The fourth-order valence-corrected chi connectivity index (χ4v) is 1.89. The van der Waals surface area contributed by atoms with Crippen LogP contribution in [0.15, 0.2) is 30.3 Å². The standard InChI is InChI=1S/C15H18N2O/c1-10(2)7-8-15(18)14-9-12(16)11-5-3-4-6-13(11)17-14/h3-6,9-10H,7-8H2,1-2H3,(H2,16,17). The summed E-state index contributed by atoms with van der Waals surface area (Å²) in [6, 6.07) is 9.30. The van der Waals surface area contributed by atoms with Crippen LogP contribution in [0.1, 0.15) is 37.2 Å². The molecule has 0 spiro atoms. The largest absolute Gasteiger partial charge is 0.398 e. The summed E-state index contributed by atoms with van der Waals surface area (Å²) in [5.41, 5.74) is 7.84. The number of carbonyl (C=O) groups excluding carboxylic acids is 1. The zero-order valence-electron chi connectivity index (χ0n) is 10.8. The monoisotopic (exact) mass is 242 g/mol.